The summed E-state index contributed by atoms with van der Waals surface area (Å²) in [5.41, 5.74) is 0.0841. The van der Waals surface area contributed by atoms with E-state index in [-0.39, 0.29) is 5.97 Å². The van der Waals surface area contributed by atoms with Crippen molar-refractivity contribution in [3.8, 4) is 0 Å². The summed E-state index contributed by atoms with van der Waals surface area (Å²) in [6.45, 7) is 5.93. The predicted octanol–water partition coefficient (Wildman–Crippen LogP) is 4.22. The average Bonchev–Trinajstić information content (AvgIpc) is 2.26. The predicted molar refractivity (Wildman–Crippen MR) is 70.7 cm³/mol. The highest BCUT2D eigenvalue weighted by atomic mass is 35.5. The molecule has 1 unspecified atom stereocenters. The van der Waals surface area contributed by atoms with Crippen LogP contribution < -0.4 is 0 Å². The summed E-state index contributed by atoms with van der Waals surface area (Å²) in [7, 11) is 0. The second kappa shape index (κ2) is 5.74. The highest BCUT2D eigenvalue weighted by Gasteiger charge is 2.35. The van der Waals surface area contributed by atoms with Crippen LogP contribution in [0.5, 0.6) is 0 Å². The highest BCUT2D eigenvalue weighted by molar-refractivity contribution is 6.34. The Hall–Kier alpha value is -0.730. The van der Waals surface area contributed by atoms with Crippen molar-refractivity contribution in [2.45, 2.75) is 32.6 Å². The van der Waals surface area contributed by atoms with E-state index in [0.29, 0.717) is 23.1 Å². The molecule has 0 aliphatic rings. The molecule has 94 valence electrons. The zero-order valence-corrected chi connectivity index (χ0v) is 11.7. The molecule has 4 heteroatoms. The zero-order valence-electron chi connectivity index (χ0n) is 10.2. The molecule has 1 rings (SSSR count). The molecule has 1 aromatic rings. The summed E-state index contributed by atoms with van der Waals surface area (Å²) in [6, 6.07) is 5.16. The Morgan fingerprint density at radius 1 is 1.24 bits per heavy atom. The van der Waals surface area contributed by atoms with Gasteiger partial charge >= 0.3 is 5.97 Å². The Morgan fingerprint density at radius 3 is 2.18 bits per heavy atom. The van der Waals surface area contributed by atoms with E-state index in [2.05, 4.69) is 0 Å². The van der Waals surface area contributed by atoms with Gasteiger partial charge in [-0.3, -0.25) is 4.79 Å². The molecule has 2 nitrogen and oxygen atoms in total. The van der Waals surface area contributed by atoms with Gasteiger partial charge in [-0.05, 0) is 44.0 Å². The maximum absolute atomic E-state index is 12.0. The first-order valence-electron chi connectivity index (χ1n) is 5.57. The number of rotatable bonds is 4. The van der Waals surface area contributed by atoms with E-state index >= 15 is 0 Å². The number of carbonyl (C=O) groups is 1. The van der Waals surface area contributed by atoms with E-state index in [1.54, 1.807) is 25.1 Å². The van der Waals surface area contributed by atoms with Crippen LogP contribution in [-0.4, -0.2) is 12.6 Å². The second-order valence-corrected chi connectivity index (χ2v) is 4.94. The van der Waals surface area contributed by atoms with Gasteiger partial charge in [0, 0.05) is 10.0 Å². The van der Waals surface area contributed by atoms with Crippen LogP contribution in [0.4, 0.5) is 0 Å². The Bertz CT molecular complexity index is 398. The summed E-state index contributed by atoms with van der Waals surface area (Å²) in [5.74, 6) is -0.249. The van der Waals surface area contributed by atoms with Gasteiger partial charge in [0.05, 0.1) is 12.0 Å². The molecule has 0 fully saturated rings. The van der Waals surface area contributed by atoms with Crippen molar-refractivity contribution in [1.82, 2.24) is 0 Å². The summed E-state index contributed by atoms with van der Waals surface area (Å²) < 4.78 is 5.11. The number of benzene rings is 1. The Kier molecular flexibility index (Phi) is 4.84. The lowest BCUT2D eigenvalue weighted by Gasteiger charge is -2.26. The lowest BCUT2D eigenvalue weighted by Crippen LogP contribution is -2.33. The Balaban J connectivity index is 3.19. The minimum atomic E-state index is -0.704. The molecule has 0 spiro atoms. The maximum Gasteiger partial charge on any atom is 0.316 e. The Labute approximate surface area is 112 Å². The molecular weight excluding hydrogens is 259 g/mol. The van der Waals surface area contributed by atoms with Crippen LogP contribution >= 0.6 is 23.2 Å². The molecule has 17 heavy (non-hydrogen) atoms. The fourth-order valence-corrected chi connectivity index (χ4v) is 2.16. The topological polar surface area (TPSA) is 26.3 Å². The maximum atomic E-state index is 12.0. The van der Waals surface area contributed by atoms with Crippen molar-refractivity contribution in [2.24, 2.45) is 0 Å². The van der Waals surface area contributed by atoms with Crippen LogP contribution in [-0.2, 0) is 14.9 Å². The summed E-state index contributed by atoms with van der Waals surface area (Å²) in [6.07, 6.45) is 0.627. The molecule has 0 radical (unpaired) electrons. The summed E-state index contributed by atoms with van der Waals surface area (Å²) >= 11 is 11.9. The number of hydrogen-bond acceptors (Lipinski definition) is 2. The van der Waals surface area contributed by atoms with Gasteiger partial charge < -0.3 is 4.74 Å². The fourth-order valence-electron chi connectivity index (χ4n) is 1.63. The van der Waals surface area contributed by atoms with Gasteiger partial charge in [-0.25, -0.2) is 0 Å². The van der Waals surface area contributed by atoms with Gasteiger partial charge in [-0.1, -0.05) is 30.1 Å². The molecule has 0 aliphatic heterocycles. The largest absolute Gasteiger partial charge is 0.465 e. The van der Waals surface area contributed by atoms with E-state index in [0.717, 1.165) is 5.56 Å². The van der Waals surface area contributed by atoms with Crippen LogP contribution in [0.15, 0.2) is 18.2 Å². The van der Waals surface area contributed by atoms with Crippen LogP contribution in [0.25, 0.3) is 0 Å². The van der Waals surface area contributed by atoms with Gasteiger partial charge in [0.25, 0.3) is 0 Å². The lowest BCUT2D eigenvalue weighted by atomic mass is 9.80. The molecule has 0 amide bonds. The first-order valence-corrected chi connectivity index (χ1v) is 6.33. The standard InChI is InChI=1S/C13H16Cl2O2/c1-4-13(3,12(16)17-5-2)9-6-10(14)8-11(15)7-9/h6-8H,4-5H2,1-3H3. The minimum Gasteiger partial charge on any atom is -0.465 e. The molecule has 1 atom stereocenters. The van der Waals surface area contributed by atoms with E-state index in [1.165, 1.54) is 0 Å². The van der Waals surface area contributed by atoms with Crippen LogP contribution in [0.3, 0.4) is 0 Å². The second-order valence-electron chi connectivity index (χ2n) is 4.06. The van der Waals surface area contributed by atoms with Crippen molar-refractivity contribution >= 4 is 29.2 Å². The van der Waals surface area contributed by atoms with E-state index in [4.69, 9.17) is 27.9 Å². The Morgan fingerprint density at radius 2 is 1.76 bits per heavy atom. The van der Waals surface area contributed by atoms with Gasteiger partial charge in [0.2, 0.25) is 0 Å². The number of halogens is 2. The molecule has 0 heterocycles. The normalized spacial score (nSPS) is 14.2. The van der Waals surface area contributed by atoms with Crippen molar-refractivity contribution in [1.29, 1.82) is 0 Å². The summed E-state index contributed by atoms with van der Waals surface area (Å²) in [5, 5.41) is 1.05. The first kappa shape index (κ1) is 14.3. The molecular formula is C13H16Cl2O2. The third-order valence-electron chi connectivity index (χ3n) is 2.93. The van der Waals surface area contributed by atoms with Crippen molar-refractivity contribution < 1.29 is 9.53 Å². The monoisotopic (exact) mass is 274 g/mol. The quantitative estimate of drug-likeness (QED) is 0.769. The minimum absolute atomic E-state index is 0.249. The van der Waals surface area contributed by atoms with Crippen molar-refractivity contribution in [3.63, 3.8) is 0 Å². The van der Waals surface area contributed by atoms with Crippen LogP contribution in [0.2, 0.25) is 10.0 Å². The lowest BCUT2D eigenvalue weighted by molar-refractivity contribution is -0.149. The van der Waals surface area contributed by atoms with Crippen molar-refractivity contribution in [3.05, 3.63) is 33.8 Å². The van der Waals surface area contributed by atoms with Gasteiger partial charge in [0.15, 0.2) is 0 Å². The molecule has 0 saturated carbocycles. The van der Waals surface area contributed by atoms with Gasteiger partial charge in [-0.15, -0.1) is 0 Å². The zero-order chi connectivity index (χ0) is 13.1. The number of hydrogen-bond donors (Lipinski definition) is 0. The van der Waals surface area contributed by atoms with Crippen LogP contribution in [0, 0.1) is 0 Å². The van der Waals surface area contributed by atoms with E-state index in [1.807, 2.05) is 13.8 Å². The molecule has 0 aliphatic carbocycles. The molecule has 0 N–H and O–H groups in total. The summed E-state index contributed by atoms with van der Waals surface area (Å²) in [4.78, 5) is 12.0. The fraction of sp³-hybridized carbons (Fsp3) is 0.462. The van der Waals surface area contributed by atoms with Crippen LogP contribution in [0.1, 0.15) is 32.8 Å². The van der Waals surface area contributed by atoms with Gasteiger partial charge in [0.1, 0.15) is 0 Å². The number of ether oxygens (including phenoxy) is 1. The third-order valence-corrected chi connectivity index (χ3v) is 3.37. The molecule has 0 aromatic heterocycles. The van der Waals surface area contributed by atoms with Gasteiger partial charge in [-0.2, -0.15) is 0 Å². The molecule has 1 aromatic carbocycles. The number of esters is 1. The SMILES string of the molecule is CCOC(=O)C(C)(CC)c1cc(Cl)cc(Cl)c1. The smallest absolute Gasteiger partial charge is 0.316 e. The van der Waals surface area contributed by atoms with Crippen molar-refractivity contribution in [2.75, 3.05) is 6.61 Å². The first-order chi connectivity index (χ1) is 7.93. The van der Waals surface area contributed by atoms with E-state index < -0.39 is 5.41 Å². The molecule has 0 bridgehead atoms. The molecule has 0 saturated heterocycles. The third kappa shape index (κ3) is 3.14. The van der Waals surface area contributed by atoms with E-state index in [9.17, 15) is 4.79 Å². The average molecular weight is 275 g/mol. The number of carbonyl (C=O) groups excluding carboxylic acids is 1. The highest BCUT2D eigenvalue weighted by Crippen LogP contribution is 2.33.